The molecule has 0 spiro atoms. The lowest BCUT2D eigenvalue weighted by atomic mass is 9.78. The molecule has 0 unspecified atom stereocenters. The molecule has 1 aromatic rings. The number of ether oxygens (including phenoxy) is 5. The summed E-state index contributed by atoms with van der Waals surface area (Å²) in [5.41, 5.74) is -1.59. The Kier molecular flexibility index (Phi) is 14.1. The number of hydrogen-bond donors (Lipinski definition) is 6. The number of alkyl carbamates (subject to hydrolysis) is 1. The minimum absolute atomic E-state index is 0.0160. The average molecular weight is 826 g/mol. The van der Waals surface area contributed by atoms with Crippen LogP contribution in [0.15, 0.2) is 47.5 Å². The molecule has 9 atom stereocenters. The van der Waals surface area contributed by atoms with Crippen LogP contribution in [0, 0.1) is 30.6 Å². The maximum Gasteiger partial charge on any atom is 0.407 e. The summed E-state index contributed by atoms with van der Waals surface area (Å²) in [6.45, 7) is 11.3. The first-order valence-electron chi connectivity index (χ1n) is 19.6. The highest BCUT2D eigenvalue weighted by Gasteiger charge is 2.53. The van der Waals surface area contributed by atoms with Gasteiger partial charge in [-0.1, -0.05) is 45.9 Å². The number of aliphatic hydroxyl groups excluding tert-OH is 3. The monoisotopic (exact) mass is 825 g/mol. The number of carbonyl (C=O) groups excluding carboxylic acids is 5. The van der Waals surface area contributed by atoms with Gasteiger partial charge in [0.2, 0.25) is 11.6 Å². The molecule has 4 heterocycles. The molecule has 2 amide bonds. The number of amides is 2. The predicted octanol–water partition coefficient (Wildman–Crippen LogP) is 2.45. The number of Topliss-reactive ketones (excluding diaryl/α,β-unsaturated/α-hetero) is 3. The molecular formula is C42H55N3O14. The Balaban J connectivity index is 1.65. The first kappa shape index (κ1) is 45.0. The second-order valence-electron chi connectivity index (χ2n) is 15.6. The first-order valence-corrected chi connectivity index (χ1v) is 19.6. The zero-order valence-corrected chi connectivity index (χ0v) is 34.6. The van der Waals surface area contributed by atoms with Gasteiger partial charge in [0, 0.05) is 68.5 Å². The topological polar surface area (TPSA) is 240 Å². The van der Waals surface area contributed by atoms with E-state index < -0.39 is 100 Å². The number of morpholine rings is 1. The molecule has 0 saturated carbocycles. The molecule has 17 nitrogen and oxygen atoms in total. The van der Waals surface area contributed by atoms with E-state index in [4.69, 9.17) is 23.7 Å². The van der Waals surface area contributed by atoms with Crippen molar-refractivity contribution in [1.82, 2.24) is 15.5 Å². The fourth-order valence-corrected chi connectivity index (χ4v) is 7.90. The Bertz CT molecular complexity index is 1970. The largest absolute Gasteiger partial charge is 0.507 e. The Morgan fingerprint density at radius 2 is 1.64 bits per heavy atom. The zero-order chi connectivity index (χ0) is 43.5. The van der Waals surface area contributed by atoms with E-state index in [1.165, 1.54) is 40.0 Å². The maximum absolute atomic E-state index is 14.7. The van der Waals surface area contributed by atoms with Crippen molar-refractivity contribution in [2.24, 2.45) is 23.7 Å². The normalized spacial score (nSPS) is 32.7. The Labute approximate surface area is 342 Å². The van der Waals surface area contributed by atoms with Gasteiger partial charge < -0.3 is 59.6 Å². The molecule has 1 aliphatic carbocycles. The summed E-state index contributed by atoms with van der Waals surface area (Å²) in [6, 6.07) is 0. The highest BCUT2D eigenvalue weighted by Crippen LogP contribution is 2.49. The third-order valence-electron chi connectivity index (χ3n) is 11.6. The molecular weight excluding hydrogens is 770 g/mol. The minimum atomic E-state index is -2.11. The van der Waals surface area contributed by atoms with E-state index in [1.807, 2.05) is 0 Å². The van der Waals surface area contributed by atoms with Crippen molar-refractivity contribution >= 4 is 29.4 Å². The van der Waals surface area contributed by atoms with Crippen molar-refractivity contribution in [3.05, 3.63) is 69.8 Å². The number of rotatable bonds is 5. The average Bonchev–Trinajstić information content (AvgIpc) is 3.48. The van der Waals surface area contributed by atoms with Gasteiger partial charge in [0.05, 0.1) is 61.1 Å². The minimum Gasteiger partial charge on any atom is -0.507 e. The summed E-state index contributed by atoms with van der Waals surface area (Å²) in [6.07, 6.45) is 2.11. The van der Waals surface area contributed by atoms with Crippen LogP contribution in [-0.4, -0.2) is 131 Å². The fourth-order valence-electron chi connectivity index (χ4n) is 7.90. The van der Waals surface area contributed by atoms with E-state index in [0.717, 1.165) is 6.26 Å². The van der Waals surface area contributed by atoms with E-state index >= 15 is 0 Å². The molecule has 59 heavy (non-hydrogen) atoms. The molecule has 6 rings (SSSR count). The van der Waals surface area contributed by atoms with Gasteiger partial charge in [0.15, 0.2) is 0 Å². The smallest absolute Gasteiger partial charge is 0.407 e. The molecule has 6 N–H and O–H groups in total. The van der Waals surface area contributed by atoms with Crippen LogP contribution in [0.25, 0.3) is 0 Å². The number of fused-ring (bicyclic) bond motifs is 14. The van der Waals surface area contributed by atoms with Gasteiger partial charge in [-0.15, -0.1) is 0 Å². The quantitative estimate of drug-likeness (QED) is 0.250. The van der Waals surface area contributed by atoms with E-state index in [1.54, 1.807) is 44.7 Å². The number of carbonyl (C=O) groups is 5. The van der Waals surface area contributed by atoms with Crippen LogP contribution >= 0.6 is 0 Å². The number of nitrogens with one attached hydrogen (secondary N) is 2. The SMILES string of the molecule is CO[C@H]1/C=C/O[C@@]2(C)Oc3c(C)c(O)c4c(c3C2=O)C(=O)C(N2CCOCC2)=C(NC(=O)/C(C)=C\C=C\[C@H](C)[C@H](O)[C@@H](C)[C@@H](O)[C@@H](C)[C@H](OC(=O)NCCO)[C@@H]1C)C4=O. The number of hydrogen-bond acceptors (Lipinski definition) is 15. The van der Waals surface area contributed by atoms with Crippen LogP contribution in [0.3, 0.4) is 0 Å². The number of nitrogens with zero attached hydrogens (tertiary/aromatic N) is 1. The van der Waals surface area contributed by atoms with E-state index in [9.17, 15) is 44.4 Å². The summed E-state index contributed by atoms with van der Waals surface area (Å²) >= 11 is 0. The van der Waals surface area contributed by atoms with Gasteiger partial charge >= 0.3 is 11.9 Å². The molecule has 1 fully saturated rings. The molecule has 1 aromatic carbocycles. The highest BCUT2D eigenvalue weighted by atomic mass is 16.7. The van der Waals surface area contributed by atoms with Crippen LogP contribution in [0.5, 0.6) is 11.5 Å². The van der Waals surface area contributed by atoms with Gasteiger partial charge in [0.1, 0.15) is 29.0 Å². The number of methoxy groups -OCH3 is 1. The molecule has 1 saturated heterocycles. The third-order valence-corrected chi connectivity index (χ3v) is 11.6. The van der Waals surface area contributed by atoms with E-state index in [-0.39, 0.29) is 73.3 Å². The summed E-state index contributed by atoms with van der Waals surface area (Å²) < 4.78 is 29.1. The zero-order valence-electron chi connectivity index (χ0n) is 34.6. The van der Waals surface area contributed by atoms with Crippen molar-refractivity contribution in [2.45, 2.75) is 78.7 Å². The summed E-state index contributed by atoms with van der Waals surface area (Å²) in [5, 5.41) is 48.8. The van der Waals surface area contributed by atoms with Crippen molar-refractivity contribution in [1.29, 1.82) is 0 Å². The van der Waals surface area contributed by atoms with Crippen molar-refractivity contribution in [3.63, 3.8) is 0 Å². The number of phenolic OH excluding ortho intramolecular Hbond substituents is 1. The highest BCUT2D eigenvalue weighted by molar-refractivity contribution is 6.32. The summed E-state index contributed by atoms with van der Waals surface area (Å²) in [7, 11) is 1.40. The number of ketones is 3. The van der Waals surface area contributed by atoms with Crippen LogP contribution in [-0.2, 0) is 23.7 Å². The predicted molar refractivity (Wildman–Crippen MR) is 210 cm³/mol. The molecule has 4 aliphatic heterocycles. The fraction of sp³-hybridized carbons (Fsp3) is 0.548. The lowest BCUT2D eigenvalue weighted by molar-refractivity contribution is -0.116. The number of aromatic hydroxyl groups is 1. The molecule has 0 radical (unpaired) electrons. The van der Waals surface area contributed by atoms with E-state index in [2.05, 4.69) is 10.6 Å². The van der Waals surface area contributed by atoms with E-state index in [0.29, 0.717) is 0 Å². The first-order chi connectivity index (χ1) is 27.9. The van der Waals surface area contributed by atoms with Crippen LogP contribution in [0.2, 0.25) is 0 Å². The standard InChI is InChI=1S/C42H55N3O14/c1-20-10-9-11-21(2)40(53)44-30-31(45-14-18-56-19-15-45)36(51)27-28(35(30)50)34(49)25(6)38-29(27)39(52)42(7,59-38)57-17-12-26(55-8)22(3)37(58-41(54)43-13-16-46)24(5)33(48)23(4)32(20)47/h9-12,17,20,22-24,26,32-33,37,46-49H,13-16,18-19H2,1-8H3,(H,43,54)(H,44,53)/b10-9+,17-12+,21-11-/t20-,22+,23+,24+,26-,32-,33+,37+,42-/m0/s1. The van der Waals surface area contributed by atoms with Crippen LogP contribution in [0.4, 0.5) is 4.79 Å². The molecule has 322 valence electrons. The van der Waals surface area contributed by atoms with Gasteiger partial charge in [-0.05, 0) is 19.9 Å². The summed E-state index contributed by atoms with van der Waals surface area (Å²) in [4.78, 5) is 71.6. The second-order valence-corrected chi connectivity index (χ2v) is 15.6. The molecule has 5 bridgehead atoms. The third kappa shape index (κ3) is 8.80. The molecule has 5 aliphatic rings. The second kappa shape index (κ2) is 18.5. The lowest BCUT2D eigenvalue weighted by Gasteiger charge is -2.38. The number of phenols is 1. The number of aliphatic hydroxyl groups is 3. The Morgan fingerprint density at radius 3 is 2.29 bits per heavy atom. The Hall–Kier alpha value is -5.07. The van der Waals surface area contributed by atoms with Gasteiger partial charge in [-0.3, -0.25) is 19.2 Å². The van der Waals surface area contributed by atoms with Crippen LogP contribution < -0.4 is 15.4 Å². The molecule has 17 heteroatoms. The maximum atomic E-state index is 14.7. The molecule has 0 aromatic heterocycles. The number of allylic oxidation sites excluding steroid dienone is 4. The lowest BCUT2D eigenvalue weighted by Crippen LogP contribution is -2.48. The van der Waals surface area contributed by atoms with Gasteiger partial charge in [0.25, 0.3) is 11.7 Å². The van der Waals surface area contributed by atoms with Crippen LogP contribution in [0.1, 0.15) is 78.2 Å². The summed E-state index contributed by atoms with van der Waals surface area (Å²) in [5.74, 6) is -8.95. The van der Waals surface area contributed by atoms with Gasteiger partial charge in [-0.25, -0.2) is 4.79 Å². The van der Waals surface area contributed by atoms with Crippen molar-refractivity contribution in [2.75, 3.05) is 46.6 Å². The Morgan fingerprint density at radius 1 is 0.966 bits per heavy atom. The van der Waals surface area contributed by atoms with Crippen molar-refractivity contribution < 1.29 is 68.1 Å². The van der Waals surface area contributed by atoms with Gasteiger partial charge in [-0.2, -0.15) is 0 Å². The van der Waals surface area contributed by atoms with Crippen molar-refractivity contribution in [3.8, 4) is 11.5 Å². The number of benzene rings is 1.